The maximum absolute atomic E-state index is 13.8. The van der Waals surface area contributed by atoms with Crippen LogP contribution in [0.1, 0.15) is 65.7 Å². The number of benzene rings is 5. The smallest absolute Gasteiger partial charge is 0.194 e. The first-order valence-corrected chi connectivity index (χ1v) is 22.0. The summed E-state index contributed by atoms with van der Waals surface area (Å²) in [5.41, 5.74) is 20.2. The number of aryl methyl sites for hydroxylation is 3. The maximum Gasteiger partial charge on any atom is 0.194 e. The predicted molar refractivity (Wildman–Crippen MR) is 266 cm³/mol. The van der Waals surface area contributed by atoms with E-state index in [4.69, 9.17) is 9.97 Å². The van der Waals surface area contributed by atoms with Gasteiger partial charge in [-0.15, -0.1) is 0 Å². The van der Waals surface area contributed by atoms with Crippen LogP contribution in [0.4, 0.5) is 0 Å². The molecule has 306 valence electrons. The second-order valence-corrected chi connectivity index (χ2v) is 17.5. The average Bonchev–Trinajstić information content (AvgIpc) is 4.15. The molecule has 0 atom stereocenters. The van der Waals surface area contributed by atoms with Crippen LogP contribution in [0, 0.1) is 20.8 Å². The highest BCUT2D eigenvalue weighted by atomic mass is 79.9. The van der Waals surface area contributed by atoms with E-state index in [1.165, 1.54) is 22.8 Å². The summed E-state index contributed by atoms with van der Waals surface area (Å²) in [5, 5.41) is 0. The topological polar surface area (TPSA) is 91.5 Å². The number of allylic oxidation sites excluding steroid dienone is 2. The molecule has 11 rings (SSSR count). The molecule has 3 aliphatic rings. The van der Waals surface area contributed by atoms with Crippen molar-refractivity contribution in [2.75, 3.05) is 0 Å². The number of aromatic amines is 2. The Morgan fingerprint density at radius 3 is 1.25 bits per heavy atom. The Morgan fingerprint density at radius 1 is 0.406 bits per heavy atom. The third-order valence-electron chi connectivity index (χ3n) is 12.3. The lowest BCUT2D eigenvalue weighted by Crippen LogP contribution is -2.16. The molecule has 0 spiro atoms. The lowest BCUT2D eigenvalue weighted by molar-refractivity contribution is 0.100. The standard InChI is InChI=1S/C57H39BrN4O2/c1-32-4-10-36(11-5-32)53-44-22-24-46(59-44)54(37-12-6-33(2)7-13-37)48-26-28-50(61-48)56(39-18-16-35(17-19-39)42-31-52(63)41-21-20-40(58)30-43(41)57(42)64)51-29-27-49(62-51)55(47-25-23-45(53)60-47)38-14-8-34(3)9-15-38/h4-31,61-62H,1-3H3. The van der Waals surface area contributed by atoms with Crippen molar-refractivity contribution in [1.29, 1.82) is 0 Å². The van der Waals surface area contributed by atoms with E-state index >= 15 is 0 Å². The molecule has 2 N–H and O–H groups in total. The van der Waals surface area contributed by atoms with Gasteiger partial charge >= 0.3 is 0 Å². The van der Waals surface area contributed by atoms with Crippen molar-refractivity contribution >= 4 is 79.4 Å². The summed E-state index contributed by atoms with van der Waals surface area (Å²) in [7, 11) is 0. The summed E-state index contributed by atoms with van der Waals surface area (Å²) in [6.07, 6.45) is 9.88. The molecule has 5 aromatic carbocycles. The lowest BCUT2D eigenvalue weighted by atomic mass is 9.86. The summed E-state index contributed by atoms with van der Waals surface area (Å²) in [5.74, 6) is -0.367. The largest absolute Gasteiger partial charge is 0.354 e. The number of nitrogens with zero attached hydrogens (tertiary/aromatic N) is 2. The molecule has 0 unspecified atom stereocenters. The number of aromatic nitrogens is 4. The van der Waals surface area contributed by atoms with Crippen molar-refractivity contribution in [3.8, 4) is 44.5 Å². The van der Waals surface area contributed by atoms with Crippen LogP contribution >= 0.6 is 15.9 Å². The van der Waals surface area contributed by atoms with E-state index in [2.05, 4.69) is 168 Å². The number of Topliss-reactive ketones (excluding diaryl/α,β-unsaturated/α-hetero) is 1. The lowest BCUT2D eigenvalue weighted by Gasteiger charge is -2.16. The molecule has 6 nitrogen and oxygen atoms in total. The molecule has 1 aliphatic carbocycles. The molecule has 0 saturated carbocycles. The molecule has 64 heavy (non-hydrogen) atoms. The summed E-state index contributed by atoms with van der Waals surface area (Å²) < 4.78 is 0.746. The van der Waals surface area contributed by atoms with Crippen LogP contribution in [0.2, 0.25) is 0 Å². The van der Waals surface area contributed by atoms with Crippen molar-refractivity contribution in [2.45, 2.75) is 20.8 Å². The van der Waals surface area contributed by atoms with Crippen LogP contribution in [0.25, 0.3) is 96.5 Å². The van der Waals surface area contributed by atoms with Gasteiger partial charge in [0.1, 0.15) is 0 Å². The Morgan fingerprint density at radius 2 is 0.781 bits per heavy atom. The van der Waals surface area contributed by atoms with Crippen LogP contribution in [0.5, 0.6) is 0 Å². The highest BCUT2D eigenvalue weighted by molar-refractivity contribution is 9.10. The number of rotatable bonds is 5. The fraction of sp³-hybridized carbons (Fsp3) is 0.0526. The third-order valence-corrected chi connectivity index (χ3v) is 12.8. The Bertz CT molecular complexity index is 3390. The molecular weight excluding hydrogens is 853 g/mol. The Kier molecular flexibility index (Phi) is 9.51. The van der Waals surface area contributed by atoms with E-state index in [1.807, 2.05) is 24.3 Å². The normalized spacial score (nSPS) is 13.0. The van der Waals surface area contributed by atoms with Crippen LogP contribution in [0.15, 0.2) is 150 Å². The fourth-order valence-corrected chi connectivity index (χ4v) is 9.31. The van der Waals surface area contributed by atoms with E-state index in [-0.39, 0.29) is 11.6 Å². The first-order valence-electron chi connectivity index (χ1n) is 21.2. The maximum atomic E-state index is 13.8. The second kappa shape index (κ2) is 15.6. The zero-order chi connectivity index (χ0) is 43.6. The zero-order valence-electron chi connectivity index (χ0n) is 35.3. The first kappa shape index (κ1) is 39.1. The molecule has 8 aromatic rings. The number of H-pyrrole nitrogens is 2. The molecule has 3 aromatic heterocycles. The van der Waals surface area contributed by atoms with Gasteiger partial charge in [-0.05, 0) is 121 Å². The summed E-state index contributed by atoms with van der Waals surface area (Å²) in [6, 6.07) is 47.3. The van der Waals surface area contributed by atoms with Gasteiger partial charge in [-0.1, -0.05) is 130 Å². The number of ketones is 2. The predicted octanol–water partition coefficient (Wildman–Crippen LogP) is 14.5. The molecular formula is C57H39BrN4O2. The first-order chi connectivity index (χ1) is 31.1. The Balaban J connectivity index is 1.20. The van der Waals surface area contributed by atoms with Gasteiger partial charge in [0, 0.05) is 65.5 Å². The number of carbonyl (C=O) groups is 2. The van der Waals surface area contributed by atoms with Crippen molar-refractivity contribution in [3.63, 3.8) is 0 Å². The van der Waals surface area contributed by atoms with Crippen LogP contribution in [0.3, 0.4) is 0 Å². The molecule has 0 radical (unpaired) electrons. The van der Waals surface area contributed by atoms with Gasteiger partial charge in [-0.2, -0.15) is 0 Å². The highest BCUT2D eigenvalue weighted by Crippen LogP contribution is 2.39. The summed E-state index contributed by atoms with van der Waals surface area (Å²) in [4.78, 5) is 45.6. The molecule has 7 heteroatoms. The SMILES string of the molecule is Cc1ccc(-c2c3nc(c(-c4ccc(C)cc4)c4ccc([nH]4)c(-c4ccc(C5=CC(=O)c6ccc(Br)cc6C5=O)cc4)c4ccc([nH]4)c(-c4ccc(C)cc4)c4nc2C=C4)C=C3)cc1. The van der Waals surface area contributed by atoms with Crippen molar-refractivity contribution in [3.05, 3.63) is 206 Å². The van der Waals surface area contributed by atoms with Gasteiger partial charge in [0.25, 0.3) is 0 Å². The van der Waals surface area contributed by atoms with Crippen molar-refractivity contribution in [1.82, 2.24) is 19.9 Å². The summed E-state index contributed by atoms with van der Waals surface area (Å²) in [6.45, 7) is 6.29. The quantitative estimate of drug-likeness (QED) is 0.180. The average molecular weight is 892 g/mol. The Labute approximate surface area is 378 Å². The van der Waals surface area contributed by atoms with Crippen LogP contribution in [-0.4, -0.2) is 31.5 Å². The van der Waals surface area contributed by atoms with Crippen molar-refractivity contribution < 1.29 is 9.59 Å². The van der Waals surface area contributed by atoms with E-state index < -0.39 is 0 Å². The number of halogens is 1. The molecule has 0 fully saturated rings. The number of carbonyl (C=O) groups excluding carboxylic acids is 2. The number of hydrogen-bond donors (Lipinski definition) is 2. The highest BCUT2D eigenvalue weighted by Gasteiger charge is 2.27. The van der Waals surface area contributed by atoms with Gasteiger partial charge < -0.3 is 9.97 Å². The van der Waals surface area contributed by atoms with Gasteiger partial charge in [-0.3, -0.25) is 9.59 Å². The minimum absolute atomic E-state index is 0.181. The van der Waals surface area contributed by atoms with Crippen LogP contribution < -0.4 is 0 Å². The Hall–Kier alpha value is -7.74. The minimum atomic E-state index is -0.186. The van der Waals surface area contributed by atoms with Gasteiger partial charge in [0.2, 0.25) is 0 Å². The molecule has 5 heterocycles. The van der Waals surface area contributed by atoms with E-state index in [9.17, 15) is 9.59 Å². The number of fused-ring (bicyclic) bond motifs is 9. The number of hydrogen-bond acceptors (Lipinski definition) is 4. The fourth-order valence-electron chi connectivity index (χ4n) is 8.95. The second-order valence-electron chi connectivity index (χ2n) is 16.6. The van der Waals surface area contributed by atoms with Crippen molar-refractivity contribution in [2.24, 2.45) is 0 Å². The molecule has 2 aliphatic heterocycles. The van der Waals surface area contributed by atoms with Gasteiger partial charge in [0.05, 0.1) is 22.8 Å². The van der Waals surface area contributed by atoms with Crippen LogP contribution in [-0.2, 0) is 0 Å². The van der Waals surface area contributed by atoms with E-state index in [0.29, 0.717) is 22.3 Å². The minimum Gasteiger partial charge on any atom is -0.354 e. The van der Waals surface area contributed by atoms with Gasteiger partial charge in [0.15, 0.2) is 11.6 Å². The van der Waals surface area contributed by atoms with E-state index in [1.54, 1.807) is 18.2 Å². The molecule has 0 amide bonds. The molecule has 8 bridgehead atoms. The third kappa shape index (κ3) is 6.91. The number of nitrogens with one attached hydrogen (secondary N) is 2. The molecule has 0 saturated heterocycles. The monoisotopic (exact) mass is 890 g/mol. The van der Waals surface area contributed by atoms with Gasteiger partial charge in [-0.25, -0.2) is 9.97 Å². The zero-order valence-corrected chi connectivity index (χ0v) is 36.8. The summed E-state index contributed by atoms with van der Waals surface area (Å²) >= 11 is 3.48. The van der Waals surface area contributed by atoms with E-state index in [0.717, 1.165) is 93.8 Å².